The second kappa shape index (κ2) is 6.87. The van der Waals surface area contributed by atoms with Gasteiger partial charge in [0.25, 0.3) is 0 Å². The van der Waals surface area contributed by atoms with Gasteiger partial charge in [-0.05, 0) is 37.5 Å². The van der Waals surface area contributed by atoms with Gasteiger partial charge in [0, 0.05) is 20.2 Å². The highest BCUT2D eigenvalue weighted by Crippen LogP contribution is 2.18. The molecule has 1 aliphatic heterocycles. The Kier molecular flexibility index (Phi) is 5.16. The summed E-state index contributed by atoms with van der Waals surface area (Å²) in [4.78, 5) is 2.10. The molecule has 1 saturated heterocycles. The molecule has 1 fully saturated rings. The van der Waals surface area contributed by atoms with E-state index in [9.17, 15) is 0 Å². The van der Waals surface area contributed by atoms with Gasteiger partial charge < -0.3 is 15.0 Å². The molecule has 1 N–H and O–H groups in total. The molecule has 0 radical (unpaired) electrons. The maximum atomic E-state index is 5.59. The molecule has 2 rings (SSSR count). The van der Waals surface area contributed by atoms with Crippen molar-refractivity contribution >= 4 is 17.3 Å². The molecular formula is C15H22N2OS. The normalized spacial score (nSPS) is 20.0. The highest BCUT2D eigenvalue weighted by atomic mass is 32.1. The fourth-order valence-electron chi connectivity index (χ4n) is 2.26. The third-order valence-electron chi connectivity index (χ3n) is 3.69. The molecule has 2 atom stereocenters. The Labute approximate surface area is 120 Å². The second-order valence-electron chi connectivity index (χ2n) is 5.02. The minimum atomic E-state index is 0.269. The van der Waals surface area contributed by atoms with E-state index >= 15 is 0 Å². The topological polar surface area (TPSA) is 24.5 Å². The number of ether oxygens (including phenoxy) is 1. The average Bonchev–Trinajstić information content (AvgIpc) is 2.97. The monoisotopic (exact) mass is 278 g/mol. The van der Waals surface area contributed by atoms with E-state index in [-0.39, 0.29) is 6.04 Å². The fourth-order valence-corrected chi connectivity index (χ4v) is 2.50. The van der Waals surface area contributed by atoms with Crippen LogP contribution in [-0.2, 0) is 4.74 Å². The molecule has 0 unspecified atom stereocenters. The molecule has 1 aliphatic rings. The van der Waals surface area contributed by atoms with Crippen molar-refractivity contribution in [1.29, 1.82) is 0 Å². The maximum absolute atomic E-state index is 5.59. The third-order valence-corrected chi connectivity index (χ3v) is 4.12. The summed E-state index contributed by atoms with van der Waals surface area (Å²) in [5.74, 6) is 0. The first-order valence-corrected chi connectivity index (χ1v) is 7.26. The molecule has 0 aromatic heterocycles. The zero-order valence-electron chi connectivity index (χ0n) is 11.6. The minimum Gasteiger partial charge on any atom is -0.376 e. The fraction of sp³-hybridized carbons (Fsp3) is 0.533. The number of hydrogen-bond donors (Lipinski definition) is 1. The van der Waals surface area contributed by atoms with E-state index in [0.29, 0.717) is 6.10 Å². The highest BCUT2D eigenvalue weighted by molar-refractivity contribution is 7.80. The summed E-state index contributed by atoms with van der Waals surface area (Å²) < 4.78 is 5.59. The van der Waals surface area contributed by atoms with Crippen molar-refractivity contribution in [2.24, 2.45) is 0 Å². The van der Waals surface area contributed by atoms with Crippen molar-refractivity contribution in [3.05, 3.63) is 35.9 Å². The molecule has 3 nitrogen and oxygen atoms in total. The van der Waals surface area contributed by atoms with Crippen molar-refractivity contribution in [3.8, 4) is 0 Å². The zero-order valence-corrected chi connectivity index (χ0v) is 12.5. The van der Waals surface area contributed by atoms with Crippen LogP contribution in [0.2, 0.25) is 0 Å². The first kappa shape index (κ1) is 14.3. The number of rotatable bonds is 4. The van der Waals surface area contributed by atoms with Gasteiger partial charge in [0.05, 0.1) is 12.1 Å². The van der Waals surface area contributed by atoms with Crippen LogP contribution in [0.4, 0.5) is 0 Å². The van der Waals surface area contributed by atoms with Crippen LogP contribution in [-0.4, -0.2) is 36.3 Å². The predicted octanol–water partition coefficient (Wildman–Crippen LogP) is 2.73. The van der Waals surface area contributed by atoms with Gasteiger partial charge in [0.1, 0.15) is 0 Å². The molecule has 0 aliphatic carbocycles. The van der Waals surface area contributed by atoms with Gasteiger partial charge in [0.2, 0.25) is 0 Å². The molecule has 0 bridgehead atoms. The van der Waals surface area contributed by atoms with Crippen LogP contribution in [0.1, 0.15) is 31.4 Å². The van der Waals surface area contributed by atoms with Crippen molar-refractivity contribution < 1.29 is 4.74 Å². The molecule has 1 aromatic carbocycles. The van der Waals surface area contributed by atoms with Gasteiger partial charge in [0.15, 0.2) is 5.11 Å². The van der Waals surface area contributed by atoms with Crippen LogP contribution >= 0.6 is 12.2 Å². The van der Waals surface area contributed by atoms with Gasteiger partial charge >= 0.3 is 0 Å². The molecule has 1 heterocycles. The van der Waals surface area contributed by atoms with Crippen LogP contribution in [0.3, 0.4) is 0 Å². The van der Waals surface area contributed by atoms with E-state index in [1.54, 1.807) is 0 Å². The predicted molar refractivity (Wildman–Crippen MR) is 82.2 cm³/mol. The van der Waals surface area contributed by atoms with Crippen molar-refractivity contribution in [2.45, 2.75) is 31.9 Å². The number of nitrogens with one attached hydrogen (secondary N) is 1. The van der Waals surface area contributed by atoms with Gasteiger partial charge in [-0.25, -0.2) is 0 Å². The quantitative estimate of drug-likeness (QED) is 0.856. The maximum Gasteiger partial charge on any atom is 0.169 e. The van der Waals surface area contributed by atoms with E-state index in [2.05, 4.69) is 41.4 Å². The number of nitrogens with zero attached hydrogens (tertiary/aromatic N) is 1. The SMILES string of the molecule is C[C@@H](c1ccccc1)N(C)C(=S)NC[C@@H]1CCCO1. The molecule has 19 heavy (non-hydrogen) atoms. The van der Waals surface area contributed by atoms with Gasteiger partial charge in [-0.15, -0.1) is 0 Å². The van der Waals surface area contributed by atoms with Gasteiger partial charge in [-0.2, -0.15) is 0 Å². The summed E-state index contributed by atoms with van der Waals surface area (Å²) >= 11 is 5.45. The zero-order chi connectivity index (χ0) is 13.7. The lowest BCUT2D eigenvalue weighted by atomic mass is 10.1. The summed E-state index contributed by atoms with van der Waals surface area (Å²) in [6, 6.07) is 10.7. The summed E-state index contributed by atoms with van der Waals surface area (Å²) in [6.45, 7) is 3.86. The van der Waals surface area contributed by atoms with Crippen LogP contribution in [0, 0.1) is 0 Å². The number of hydrogen-bond acceptors (Lipinski definition) is 2. The average molecular weight is 278 g/mol. The highest BCUT2D eigenvalue weighted by Gasteiger charge is 2.18. The molecule has 104 valence electrons. The third kappa shape index (κ3) is 3.91. The molecule has 0 spiro atoms. The van der Waals surface area contributed by atoms with E-state index < -0.39 is 0 Å². The molecular weight excluding hydrogens is 256 g/mol. The second-order valence-corrected chi connectivity index (χ2v) is 5.41. The standard InChI is InChI=1S/C15H22N2OS/c1-12(13-7-4-3-5-8-13)17(2)15(19)16-11-14-9-6-10-18-14/h3-5,7-8,12,14H,6,9-11H2,1-2H3,(H,16,19)/t12-,14-/m0/s1. The Balaban J connectivity index is 1.84. The van der Waals surface area contributed by atoms with E-state index in [1.807, 2.05) is 13.1 Å². The van der Waals surface area contributed by atoms with Crippen LogP contribution in [0.25, 0.3) is 0 Å². The van der Waals surface area contributed by atoms with Crippen LogP contribution in [0.15, 0.2) is 30.3 Å². The van der Waals surface area contributed by atoms with Crippen LogP contribution < -0.4 is 5.32 Å². The Morgan fingerprint density at radius 2 is 2.21 bits per heavy atom. The van der Waals surface area contributed by atoms with Crippen molar-refractivity contribution in [2.75, 3.05) is 20.2 Å². The molecule has 4 heteroatoms. The minimum absolute atomic E-state index is 0.269. The number of thiocarbonyl (C=S) groups is 1. The molecule has 0 amide bonds. The molecule has 0 saturated carbocycles. The first-order chi connectivity index (χ1) is 9.18. The lowest BCUT2D eigenvalue weighted by Crippen LogP contribution is -2.41. The van der Waals surface area contributed by atoms with Gasteiger partial charge in [-0.3, -0.25) is 0 Å². The Bertz CT molecular complexity index is 404. The van der Waals surface area contributed by atoms with E-state index in [4.69, 9.17) is 17.0 Å². The van der Waals surface area contributed by atoms with Crippen LogP contribution in [0.5, 0.6) is 0 Å². The summed E-state index contributed by atoms with van der Waals surface area (Å²) in [5.41, 5.74) is 1.27. The first-order valence-electron chi connectivity index (χ1n) is 6.85. The summed E-state index contributed by atoms with van der Waals surface area (Å²) in [6.07, 6.45) is 2.61. The largest absolute Gasteiger partial charge is 0.376 e. The van der Waals surface area contributed by atoms with E-state index in [1.165, 1.54) is 5.56 Å². The van der Waals surface area contributed by atoms with Crippen molar-refractivity contribution in [1.82, 2.24) is 10.2 Å². The lowest BCUT2D eigenvalue weighted by molar-refractivity contribution is 0.113. The Morgan fingerprint density at radius 1 is 1.47 bits per heavy atom. The van der Waals surface area contributed by atoms with Gasteiger partial charge in [-0.1, -0.05) is 30.3 Å². The summed E-state index contributed by atoms with van der Waals surface area (Å²) in [7, 11) is 2.03. The lowest BCUT2D eigenvalue weighted by Gasteiger charge is -2.28. The smallest absolute Gasteiger partial charge is 0.169 e. The number of benzene rings is 1. The molecule has 1 aromatic rings. The Hall–Kier alpha value is -1.13. The summed E-state index contributed by atoms with van der Waals surface area (Å²) in [5, 5.41) is 4.09. The van der Waals surface area contributed by atoms with Crippen molar-refractivity contribution in [3.63, 3.8) is 0 Å². The van der Waals surface area contributed by atoms with E-state index in [0.717, 1.165) is 31.1 Å². The Morgan fingerprint density at radius 3 is 2.84 bits per heavy atom.